The number of halogens is 1. The van der Waals surface area contributed by atoms with Gasteiger partial charge in [-0.15, -0.1) is 0 Å². The predicted molar refractivity (Wildman–Crippen MR) is 56.8 cm³/mol. The van der Waals surface area contributed by atoms with Crippen molar-refractivity contribution < 1.29 is 9.21 Å². The van der Waals surface area contributed by atoms with Crippen LogP contribution in [-0.4, -0.2) is 18.5 Å². The molecule has 5 heteroatoms. The summed E-state index contributed by atoms with van der Waals surface area (Å²) < 4.78 is 4.83. The molecule has 1 heterocycles. The lowest BCUT2D eigenvalue weighted by atomic mass is 10.2. The summed E-state index contributed by atoms with van der Waals surface area (Å²) in [5, 5.41) is 2.86. The van der Waals surface area contributed by atoms with Gasteiger partial charge in [0.15, 0.2) is 0 Å². The molecule has 15 heavy (non-hydrogen) atoms. The number of amides is 1. The third kappa shape index (κ3) is 2.52. The Labute approximate surface area is 92.8 Å². The zero-order valence-corrected chi connectivity index (χ0v) is 8.96. The summed E-state index contributed by atoms with van der Waals surface area (Å²) in [6, 6.07) is 1.60. The molecule has 3 N–H and O–H groups in total. The lowest BCUT2D eigenvalue weighted by molar-refractivity contribution is 0.0950. The minimum atomic E-state index is -0.232. The van der Waals surface area contributed by atoms with Crippen LogP contribution < -0.4 is 11.1 Å². The van der Waals surface area contributed by atoms with Crippen molar-refractivity contribution in [3.63, 3.8) is 0 Å². The summed E-state index contributed by atoms with van der Waals surface area (Å²) in [6.45, 7) is 0.491. The van der Waals surface area contributed by atoms with Crippen LogP contribution in [0.4, 0.5) is 0 Å². The highest BCUT2D eigenvalue weighted by Crippen LogP contribution is 2.31. The normalized spacial score (nSPS) is 17.5. The van der Waals surface area contributed by atoms with E-state index in [1.54, 1.807) is 6.07 Å². The molecule has 1 unspecified atom stereocenters. The lowest BCUT2D eigenvalue weighted by Crippen LogP contribution is -2.38. The van der Waals surface area contributed by atoms with Crippen LogP contribution in [-0.2, 0) is 0 Å². The van der Waals surface area contributed by atoms with Crippen molar-refractivity contribution in [2.45, 2.75) is 18.9 Å². The molecule has 0 aromatic carbocycles. The van der Waals surface area contributed by atoms with Crippen LogP contribution in [0.25, 0.3) is 0 Å². The van der Waals surface area contributed by atoms with E-state index in [1.807, 2.05) is 0 Å². The van der Waals surface area contributed by atoms with E-state index in [9.17, 15) is 4.79 Å². The molecule has 0 spiro atoms. The van der Waals surface area contributed by atoms with Crippen molar-refractivity contribution in [2.24, 2.45) is 11.7 Å². The number of hydrogen-bond donors (Lipinski definition) is 2. The van der Waals surface area contributed by atoms with Gasteiger partial charge in [0, 0.05) is 12.6 Å². The van der Waals surface area contributed by atoms with Gasteiger partial charge >= 0.3 is 0 Å². The number of nitrogens with one attached hydrogen (secondary N) is 1. The first-order valence-electron chi connectivity index (χ1n) is 4.95. The van der Waals surface area contributed by atoms with E-state index in [0.717, 1.165) is 0 Å². The van der Waals surface area contributed by atoms with E-state index in [2.05, 4.69) is 5.32 Å². The van der Waals surface area contributed by atoms with Crippen LogP contribution in [0.15, 0.2) is 16.7 Å². The molecule has 1 saturated carbocycles. The molecule has 0 aliphatic heterocycles. The van der Waals surface area contributed by atoms with E-state index in [1.165, 1.54) is 19.1 Å². The van der Waals surface area contributed by atoms with Gasteiger partial charge in [0.05, 0.1) is 11.8 Å². The zero-order valence-electron chi connectivity index (χ0n) is 8.20. The first-order valence-corrected chi connectivity index (χ1v) is 5.33. The molecular formula is C10H13ClN2O2. The van der Waals surface area contributed by atoms with Gasteiger partial charge in [-0.1, -0.05) is 0 Å². The van der Waals surface area contributed by atoms with Crippen molar-refractivity contribution >= 4 is 17.5 Å². The van der Waals surface area contributed by atoms with Gasteiger partial charge in [-0.05, 0) is 36.4 Å². The summed E-state index contributed by atoms with van der Waals surface area (Å²) in [6.07, 6.45) is 3.73. The highest BCUT2D eigenvalue weighted by Gasteiger charge is 2.28. The topological polar surface area (TPSA) is 68.3 Å². The van der Waals surface area contributed by atoms with Crippen molar-refractivity contribution in [2.75, 3.05) is 6.54 Å². The second-order valence-corrected chi connectivity index (χ2v) is 4.16. The minimum absolute atomic E-state index is 0.0552. The van der Waals surface area contributed by atoms with Gasteiger partial charge in [0.25, 0.3) is 5.91 Å². The fourth-order valence-corrected chi connectivity index (χ4v) is 1.65. The number of furan rings is 1. The van der Waals surface area contributed by atoms with Crippen LogP contribution in [0.3, 0.4) is 0 Å². The number of carbonyl (C=O) groups is 1. The Kier molecular flexibility index (Phi) is 2.98. The maximum atomic E-state index is 11.6. The van der Waals surface area contributed by atoms with Crippen LogP contribution in [0.1, 0.15) is 23.2 Å². The molecule has 1 aliphatic rings. The Morgan fingerprint density at radius 3 is 3.00 bits per heavy atom. The number of carbonyl (C=O) groups excluding carboxylic acids is 1. The van der Waals surface area contributed by atoms with Crippen LogP contribution in [0.5, 0.6) is 0 Å². The van der Waals surface area contributed by atoms with Gasteiger partial charge in [-0.2, -0.15) is 0 Å². The summed E-state index contributed by atoms with van der Waals surface area (Å²) in [5.74, 6) is 0.343. The van der Waals surface area contributed by atoms with Gasteiger partial charge < -0.3 is 15.5 Å². The molecule has 1 amide bonds. The standard InChI is InChI=1S/C10H13ClN2O2/c11-9-7(3-4-15-9)10(14)13-5-8(12)6-1-2-6/h3-4,6,8H,1-2,5,12H2,(H,13,14). The first kappa shape index (κ1) is 10.5. The molecule has 1 fully saturated rings. The Hall–Kier alpha value is -1.00. The van der Waals surface area contributed by atoms with E-state index in [0.29, 0.717) is 18.0 Å². The lowest BCUT2D eigenvalue weighted by Gasteiger charge is -2.10. The fourth-order valence-electron chi connectivity index (χ4n) is 1.45. The summed E-state index contributed by atoms with van der Waals surface area (Å²) in [4.78, 5) is 11.6. The first-order chi connectivity index (χ1) is 7.18. The molecule has 0 bridgehead atoms. The summed E-state index contributed by atoms with van der Waals surface area (Å²) in [5.41, 5.74) is 6.21. The molecule has 1 aromatic heterocycles. The van der Waals surface area contributed by atoms with Crippen LogP contribution in [0.2, 0.25) is 5.22 Å². The number of hydrogen-bond acceptors (Lipinski definition) is 3. The van der Waals surface area contributed by atoms with Gasteiger partial charge in [0.2, 0.25) is 5.22 Å². The smallest absolute Gasteiger partial charge is 0.256 e. The molecule has 1 atom stereocenters. The fraction of sp³-hybridized carbons (Fsp3) is 0.500. The summed E-state index contributed by atoms with van der Waals surface area (Å²) >= 11 is 5.67. The second-order valence-electron chi connectivity index (χ2n) is 3.82. The molecule has 1 aliphatic carbocycles. The average molecular weight is 229 g/mol. The van der Waals surface area contributed by atoms with E-state index in [4.69, 9.17) is 21.8 Å². The number of rotatable bonds is 4. The Morgan fingerprint density at radius 1 is 1.73 bits per heavy atom. The maximum absolute atomic E-state index is 11.6. The van der Waals surface area contributed by atoms with Crippen molar-refractivity contribution in [1.29, 1.82) is 0 Å². The molecule has 1 aromatic rings. The van der Waals surface area contributed by atoms with Gasteiger partial charge in [-0.25, -0.2) is 0 Å². The molecule has 82 valence electrons. The molecule has 0 radical (unpaired) electrons. The third-order valence-electron chi connectivity index (χ3n) is 2.59. The summed E-state index contributed by atoms with van der Waals surface area (Å²) in [7, 11) is 0. The average Bonchev–Trinajstić information content (AvgIpc) is 2.98. The predicted octanol–water partition coefficient (Wildman–Crippen LogP) is 1.40. The van der Waals surface area contributed by atoms with Crippen molar-refractivity contribution in [3.05, 3.63) is 23.1 Å². The van der Waals surface area contributed by atoms with E-state index in [-0.39, 0.29) is 17.2 Å². The highest BCUT2D eigenvalue weighted by molar-refractivity contribution is 6.32. The van der Waals surface area contributed by atoms with Crippen LogP contribution in [0, 0.1) is 5.92 Å². The van der Waals surface area contributed by atoms with Gasteiger partial charge in [0.1, 0.15) is 0 Å². The van der Waals surface area contributed by atoms with Gasteiger partial charge in [-0.3, -0.25) is 4.79 Å². The molecular weight excluding hydrogens is 216 g/mol. The Bertz CT molecular complexity index is 360. The number of nitrogens with two attached hydrogens (primary N) is 1. The second kappa shape index (κ2) is 4.24. The molecule has 2 rings (SSSR count). The van der Waals surface area contributed by atoms with Crippen molar-refractivity contribution in [3.8, 4) is 0 Å². The van der Waals surface area contributed by atoms with Crippen LogP contribution >= 0.6 is 11.6 Å². The minimum Gasteiger partial charge on any atom is -0.452 e. The maximum Gasteiger partial charge on any atom is 0.256 e. The van der Waals surface area contributed by atoms with E-state index >= 15 is 0 Å². The molecule has 4 nitrogen and oxygen atoms in total. The monoisotopic (exact) mass is 228 g/mol. The van der Waals surface area contributed by atoms with Crippen molar-refractivity contribution in [1.82, 2.24) is 5.32 Å². The Balaban J connectivity index is 1.84. The van der Waals surface area contributed by atoms with E-state index < -0.39 is 0 Å². The zero-order chi connectivity index (χ0) is 10.8. The Morgan fingerprint density at radius 2 is 2.47 bits per heavy atom. The SMILES string of the molecule is NC(CNC(=O)c1ccoc1Cl)C1CC1. The highest BCUT2D eigenvalue weighted by atomic mass is 35.5. The quantitative estimate of drug-likeness (QED) is 0.819. The third-order valence-corrected chi connectivity index (χ3v) is 2.88. The molecule has 0 saturated heterocycles. The largest absolute Gasteiger partial charge is 0.452 e.